The molecule has 0 fully saturated rings. The van der Waals surface area contributed by atoms with Crippen LogP contribution in [0.25, 0.3) is 0 Å². The van der Waals surface area contributed by atoms with Crippen LogP contribution in [-0.4, -0.2) is 21.8 Å². The Labute approximate surface area is 96.4 Å². The number of hydrogen-bond donors (Lipinski definition) is 1. The lowest BCUT2D eigenvalue weighted by atomic mass is 10.3. The molecule has 1 heterocycles. The van der Waals surface area contributed by atoms with Crippen LogP contribution in [0.3, 0.4) is 0 Å². The molecule has 0 spiro atoms. The molecule has 0 unspecified atom stereocenters. The van der Waals surface area contributed by atoms with Gasteiger partial charge in [-0.3, -0.25) is 4.79 Å². The summed E-state index contributed by atoms with van der Waals surface area (Å²) in [6.07, 6.45) is 1.43. The molecular formula is C10H9N3O2S. The van der Waals surface area contributed by atoms with Gasteiger partial charge in [0.25, 0.3) is 5.91 Å². The minimum absolute atomic E-state index is 0.293. The quantitative estimate of drug-likeness (QED) is 0.881. The summed E-state index contributed by atoms with van der Waals surface area (Å²) in [4.78, 5) is 11.7. The molecule has 0 saturated carbocycles. The maximum Gasteiger partial charge on any atom is 0.277 e. The van der Waals surface area contributed by atoms with Gasteiger partial charge in [-0.25, -0.2) is 0 Å². The van der Waals surface area contributed by atoms with E-state index in [1.807, 2.05) is 12.1 Å². The van der Waals surface area contributed by atoms with Gasteiger partial charge >= 0.3 is 0 Å². The molecule has 1 amide bonds. The van der Waals surface area contributed by atoms with Crippen LogP contribution in [0.4, 0.5) is 5.69 Å². The minimum atomic E-state index is -0.293. The zero-order valence-electron chi connectivity index (χ0n) is 8.51. The van der Waals surface area contributed by atoms with Crippen LogP contribution in [-0.2, 0) is 0 Å². The van der Waals surface area contributed by atoms with Gasteiger partial charge in [0.2, 0.25) is 0 Å². The zero-order valence-corrected chi connectivity index (χ0v) is 9.32. The maximum atomic E-state index is 11.7. The van der Waals surface area contributed by atoms with Gasteiger partial charge in [0.1, 0.15) is 5.75 Å². The number of carbonyl (C=O) groups is 1. The maximum absolute atomic E-state index is 11.7. The van der Waals surface area contributed by atoms with Crippen LogP contribution < -0.4 is 10.1 Å². The van der Waals surface area contributed by atoms with E-state index >= 15 is 0 Å². The monoisotopic (exact) mass is 235 g/mol. The Morgan fingerprint density at radius 2 is 2.25 bits per heavy atom. The summed E-state index contributed by atoms with van der Waals surface area (Å²) in [6.45, 7) is 0. The fraction of sp³-hybridized carbons (Fsp3) is 0.100. The summed E-state index contributed by atoms with van der Waals surface area (Å²) in [5.41, 5.74) is 0.916. The van der Waals surface area contributed by atoms with Crippen molar-refractivity contribution in [1.29, 1.82) is 0 Å². The topological polar surface area (TPSA) is 64.1 Å². The van der Waals surface area contributed by atoms with Crippen molar-refractivity contribution in [3.05, 3.63) is 36.2 Å². The van der Waals surface area contributed by atoms with Gasteiger partial charge in [0.05, 0.1) is 30.7 Å². The Kier molecular flexibility index (Phi) is 3.11. The van der Waals surface area contributed by atoms with Crippen LogP contribution in [0.15, 0.2) is 30.5 Å². The molecule has 2 aromatic rings. The van der Waals surface area contributed by atoms with E-state index in [4.69, 9.17) is 4.74 Å². The predicted molar refractivity (Wildman–Crippen MR) is 60.9 cm³/mol. The lowest BCUT2D eigenvalue weighted by Crippen LogP contribution is -2.12. The number of methoxy groups -OCH3 is 1. The van der Waals surface area contributed by atoms with Gasteiger partial charge in [-0.2, -0.15) is 8.75 Å². The highest BCUT2D eigenvalue weighted by molar-refractivity contribution is 6.99. The van der Waals surface area contributed by atoms with Crippen LogP contribution >= 0.6 is 11.7 Å². The van der Waals surface area contributed by atoms with Crippen LogP contribution in [0.5, 0.6) is 5.75 Å². The van der Waals surface area contributed by atoms with E-state index in [1.54, 1.807) is 19.2 Å². The fourth-order valence-electron chi connectivity index (χ4n) is 1.20. The molecule has 5 nitrogen and oxygen atoms in total. The van der Waals surface area contributed by atoms with Crippen LogP contribution in [0.2, 0.25) is 0 Å². The van der Waals surface area contributed by atoms with E-state index in [9.17, 15) is 4.79 Å². The molecule has 82 valence electrons. The molecule has 16 heavy (non-hydrogen) atoms. The summed E-state index contributed by atoms with van der Waals surface area (Å²) in [5, 5.41) is 2.70. The van der Waals surface area contributed by atoms with Gasteiger partial charge in [-0.05, 0) is 12.1 Å². The highest BCUT2D eigenvalue weighted by atomic mass is 32.1. The minimum Gasteiger partial charge on any atom is -0.495 e. The second-order valence-electron chi connectivity index (χ2n) is 2.95. The fourth-order valence-corrected chi connectivity index (χ4v) is 1.61. The third-order valence-corrected chi connectivity index (χ3v) is 2.43. The normalized spacial score (nSPS) is 9.81. The standard InChI is InChI=1S/C10H9N3O2S/c1-15-9-5-3-2-4-7(9)12-10(14)8-6-11-16-13-8/h2-6H,1H3,(H,12,14). The second kappa shape index (κ2) is 4.71. The van der Waals surface area contributed by atoms with Crippen molar-refractivity contribution in [2.45, 2.75) is 0 Å². The molecular weight excluding hydrogens is 226 g/mol. The predicted octanol–water partition coefficient (Wildman–Crippen LogP) is 1.80. The number of rotatable bonds is 3. The lowest BCUT2D eigenvalue weighted by molar-refractivity contribution is 0.102. The highest BCUT2D eigenvalue weighted by Crippen LogP contribution is 2.23. The van der Waals surface area contributed by atoms with Crippen molar-refractivity contribution in [3.8, 4) is 5.75 Å². The van der Waals surface area contributed by atoms with Gasteiger partial charge in [0.15, 0.2) is 5.69 Å². The molecule has 0 aliphatic carbocycles. The Morgan fingerprint density at radius 3 is 2.94 bits per heavy atom. The van der Waals surface area contributed by atoms with Gasteiger partial charge in [-0.15, -0.1) is 0 Å². The first-order valence-electron chi connectivity index (χ1n) is 4.53. The number of aromatic nitrogens is 2. The first-order chi connectivity index (χ1) is 7.81. The van der Waals surface area contributed by atoms with Crippen molar-refractivity contribution in [2.75, 3.05) is 12.4 Å². The Bertz CT molecular complexity index is 485. The van der Waals surface area contributed by atoms with Crippen LogP contribution in [0.1, 0.15) is 10.5 Å². The van der Waals surface area contributed by atoms with Gasteiger partial charge in [-0.1, -0.05) is 12.1 Å². The molecule has 0 radical (unpaired) electrons. The third kappa shape index (κ3) is 2.17. The second-order valence-corrected chi connectivity index (χ2v) is 3.50. The number of hydrogen-bond acceptors (Lipinski definition) is 5. The summed E-state index contributed by atoms with van der Waals surface area (Å²) in [6, 6.07) is 7.18. The Balaban J connectivity index is 2.18. The first kappa shape index (κ1) is 10.6. The molecule has 6 heteroatoms. The van der Waals surface area contributed by atoms with E-state index in [2.05, 4.69) is 14.1 Å². The van der Waals surface area contributed by atoms with Crippen molar-refractivity contribution >= 4 is 23.3 Å². The molecule has 1 N–H and O–H groups in total. The zero-order chi connectivity index (χ0) is 11.4. The van der Waals surface area contributed by atoms with Crippen LogP contribution in [0, 0.1) is 0 Å². The van der Waals surface area contributed by atoms with Gasteiger partial charge < -0.3 is 10.1 Å². The highest BCUT2D eigenvalue weighted by Gasteiger charge is 2.11. The molecule has 0 atom stereocenters. The number of nitrogens with zero attached hydrogens (tertiary/aromatic N) is 2. The summed E-state index contributed by atoms with van der Waals surface area (Å²) < 4.78 is 12.7. The molecule has 0 saturated heterocycles. The summed E-state index contributed by atoms with van der Waals surface area (Å²) >= 11 is 0.996. The number of para-hydroxylation sites is 2. The van der Waals surface area contributed by atoms with Crippen molar-refractivity contribution in [2.24, 2.45) is 0 Å². The number of nitrogens with one attached hydrogen (secondary N) is 1. The largest absolute Gasteiger partial charge is 0.495 e. The molecule has 0 aliphatic rings. The van der Waals surface area contributed by atoms with Crippen molar-refractivity contribution in [1.82, 2.24) is 8.75 Å². The molecule has 1 aromatic heterocycles. The number of carbonyl (C=O) groups excluding carboxylic acids is 1. The lowest BCUT2D eigenvalue weighted by Gasteiger charge is -2.08. The van der Waals surface area contributed by atoms with Crippen molar-refractivity contribution in [3.63, 3.8) is 0 Å². The summed E-state index contributed by atoms with van der Waals surface area (Å²) in [5.74, 6) is 0.317. The van der Waals surface area contributed by atoms with Crippen molar-refractivity contribution < 1.29 is 9.53 Å². The van der Waals surface area contributed by atoms with E-state index in [0.717, 1.165) is 11.7 Å². The molecule has 0 bridgehead atoms. The SMILES string of the molecule is COc1ccccc1NC(=O)c1cnsn1. The smallest absolute Gasteiger partial charge is 0.277 e. The average molecular weight is 235 g/mol. The first-order valence-corrected chi connectivity index (χ1v) is 5.26. The van der Waals surface area contributed by atoms with E-state index in [-0.39, 0.29) is 5.91 Å². The van der Waals surface area contributed by atoms with E-state index < -0.39 is 0 Å². The molecule has 0 aliphatic heterocycles. The molecule has 2 rings (SSSR count). The third-order valence-electron chi connectivity index (χ3n) is 1.95. The Hall–Kier alpha value is -1.95. The number of benzene rings is 1. The number of anilines is 1. The average Bonchev–Trinajstić information content (AvgIpc) is 2.83. The molecule has 1 aromatic carbocycles. The van der Waals surface area contributed by atoms with Gasteiger partial charge in [0, 0.05) is 0 Å². The number of amides is 1. The van der Waals surface area contributed by atoms with E-state index in [1.165, 1.54) is 6.20 Å². The van der Waals surface area contributed by atoms with E-state index in [0.29, 0.717) is 17.1 Å². The summed E-state index contributed by atoms with van der Waals surface area (Å²) in [7, 11) is 1.55. The number of ether oxygens (including phenoxy) is 1. The Morgan fingerprint density at radius 1 is 1.44 bits per heavy atom.